The van der Waals surface area contributed by atoms with Gasteiger partial charge in [0.25, 0.3) is 0 Å². The number of fused-ring (bicyclic) bond motifs is 1. The molecule has 0 saturated heterocycles. The number of hydrazine groups is 1. The molecule has 1 atom stereocenters. The SMILES string of the molecule is NNC(c1ccc2ccccc2c1)c1ncccc1Cl. The summed E-state index contributed by atoms with van der Waals surface area (Å²) in [6, 6.07) is 17.8. The topological polar surface area (TPSA) is 50.9 Å². The summed E-state index contributed by atoms with van der Waals surface area (Å²) >= 11 is 6.21. The Morgan fingerprint density at radius 2 is 1.80 bits per heavy atom. The van der Waals surface area contributed by atoms with E-state index in [4.69, 9.17) is 17.4 Å². The van der Waals surface area contributed by atoms with Crippen LogP contribution in [0.1, 0.15) is 17.3 Å². The van der Waals surface area contributed by atoms with E-state index in [1.807, 2.05) is 24.3 Å². The highest BCUT2D eigenvalue weighted by Gasteiger charge is 2.17. The molecule has 3 N–H and O–H groups in total. The molecular formula is C16H14ClN3. The summed E-state index contributed by atoms with van der Waals surface area (Å²) in [5.41, 5.74) is 4.56. The molecule has 100 valence electrons. The number of aromatic nitrogens is 1. The number of pyridine rings is 1. The molecule has 2 aromatic carbocycles. The third-order valence-electron chi connectivity index (χ3n) is 3.33. The van der Waals surface area contributed by atoms with Crippen molar-refractivity contribution in [2.24, 2.45) is 5.84 Å². The Bertz CT molecular complexity index is 742. The van der Waals surface area contributed by atoms with Crippen molar-refractivity contribution >= 4 is 22.4 Å². The summed E-state index contributed by atoms with van der Waals surface area (Å²) in [4.78, 5) is 4.33. The number of hydrogen-bond acceptors (Lipinski definition) is 3. The number of rotatable bonds is 3. The number of nitrogens with two attached hydrogens (primary N) is 1. The van der Waals surface area contributed by atoms with Crippen molar-refractivity contribution in [2.45, 2.75) is 6.04 Å². The van der Waals surface area contributed by atoms with Gasteiger partial charge in [0.05, 0.1) is 16.8 Å². The van der Waals surface area contributed by atoms with Gasteiger partial charge in [-0.2, -0.15) is 0 Å². The lowest BCUT2D eigenvalue weighted by atomic mass is 10.00. The summed E-state index contributed by atoms with van der Waals surface area (Å²) < 4.78 is 0. The van der Waals surface area contributed by atoms with E-state index in [-0.39, 0.29) is 6.04 Å². The smallest absolute Gasteiger partial charge is 0.0896 e. The number of hydrogen-bond donors (Lipinski definition) is 2. The summed E-state index contributed by atoms with van der Waals surface area (Å²) in [6.07, 6.45) is 1.71. The first-order chi connectivity index (χ1) is 9.79. The van der Waals surface area contributed by atoms with Gasteiger partial charge in [-0.15, -0.1) is 0 Å². The Kier molecular flexibility index (Phi) is 3.65. The van der Waals surface area contributed by atoms with E-state index < -0.39 is 0 Å². The summed E-state index contributed by atoms with van der Waals surface area (Å²) in [5, 5.41) is 2.96. The minimum atomic E-state index is -0.228. The van der Waals surface area contributed by atoms with E-state index >= 15 is 0 Å². The fraction of sp³-hybridized carbons (Fsp3) is 0.0625. The highest BCUT2D eigenvalue weighted by molar-refractivity contribution is 6.31. The van der Waals surface area contributed by atoms with Gasteiger partial charge >= 0.3 is 0 Å². The van der Waals surface area contributed by atoms with Crippen molar-refractivity contribution in [3.05, 3.63) is 77.1 Å². The predicted molar refractivity (Wildman–Crippen MR) is 82.4 cm³/mol. The van der Waals surface area contributed by atoms with Crippen molar-refractivity contribution in [3.8, 4) is 0 Å². The van der Waals surface area contributed by atoms with Crippen LogP contribution >= 0.6 is 11.6 Å². The zero-order valence-corrected chi connectivity index (χ0v) is 11.5. The van der Waals surface area contributed by atoms with E-state index in [1.165, 1.54) is 5.39 Å². The highest BCUT2D eigenvalue weighted by Crippen LogP contribution is 2.27. The molecule has 4 heteroatoms. The zero-order valence-electron chi connectivity index (χ0n) is 10.8. The number of nitrogens with zero attached hydrogens (tertiary/aromatic N) is 1. The van der Waals surface area contributed by atoms with Gasteiger partial charge in [-0.3, -0.25) is 10.8 Å². The van der Waals surface area contributed by atoms with Crippen molar-refractivity contribution in [1.29, 1.82) is 0 Å². The Morgan fingerprint density at radius 3 is 2.55 bits per heavy atom. The van der Waals surface area contributed by atoms with Crippen LogP contribution in [0.2, 0.25) is 5.02 Å². The van der Waals surface area contributed by atoms with Gasteiger partial charge in [0.15, 0.2) is 0 Å². The minimum absolute atomic E-state index is 0.228. The molecule has 1 heterocycles. The molecule has 0 fully saturated rings. The molecule has 1 unspecified atom stereocenters. The molecule has 0 aliphatic rings. The van der Waals surface area contributed by atoms with E-state index in [0.717, 1.165) is 16.6 Å². The zero-order chi connectivity index (χ0) is 13.9. The lowest BCUT2D eigenvalue weighted by molar-refractivity contribution is 0.621. The van der Waals surface area contributed by atoms with Gasteiger partial charge < -0.3 is 0 Å². The van der Waals surface area contributed by atoms with Crippen molar-refractivity contribution in [2.75, 3.05) is 0 Å². The molecule has 0 aliphatic carbocycles. The lowest BCUT2D eigenvalue weighted by Gasteiger charge is -2.17. The Morgan fingerprint density at radius 1 is 1.00 bits per heavy atom. The van der Waals surface area contributed by atoms with Crippen LogP contribution in [0.15, 0.2) is 60.8 Å². The average molecular weight is 284 g/mol. The second-order valence-electron chi connectivity index (χ2n) is 4.58. The van der Waals surface area contributed by atoms with Gasteiger partial charge in [0, 0.05) is 6.20 Å². The van der Waals surface area contributed by atoms with Crippen LogP contribution in [0, 0.1) is 0 Å². The van der Waals surface area contributed by atoms with Crippen LogP contribution in [-0.4, -0.2) is 4.98 Å². The molecule has 0 bridgehead atoms. The van der Waals surface area contributed by atoms with Crippen LogP contribution < -0.4 is 11.3 Å². The third kappa shape index (κ3) is 2.39. The first-order valence-electron chi connectivity index (χ1n) is 6.35. The molecule has 20 heavy (non-hydrogen) atoms. The molecule has 1 aromatic heterocycles. The van der Waals surface area contributed by atoms with Gasteiger partial charge in [-0.25, -0.2) is 5.43 Å². The molecule has 0 saturated carbocycles. The van der Waals surface area contributed by atoms with E-state index in [0.29, 0.717) is 5.02 Å². The predicted octanol–water partition coefficient (Wildman–Crippen LogP) is 3.44. The van der Waals surface area contributed by atoms with Gasteiger partial charge in [0.2, 0.25) is 0 Å². The first-order valence-corrected chi connectivity index (χ1v) is 6.72. The van der Waals surface area contributed by atoms with Crippen LogP contribution in [-0.2, 0) is 0 Å². The summed E-state index contributed by atoms with van der Waals surface area (Å²) in [7, 11) is 0. The second-order valence-corrected chi connectivity index (χ2v) is 4.98. The molecule has 0 radical (unpaired) electrons. The fourth-order valence-corrected chi connectivity index (χ4v) is 2.56. The summed E-state index contributed by atoms with van der Waals surface area (Å²) in [5.74, 6) is 5.70. The molecule has 0 spiro atoms. The average Bonchev–Trinajstić information content (AvgIpc) is 2.50. The van der Waals surface area contributed by atoms with E-state index in [2.05, 4.69) is 34.7 Å². The monoisotopic (exact) mass is 283 g/mol. The van der Waals surface area contributed by atoms with Crippen molar-refractivity contribution in [3.63, 3.8) is 0 Å². The number of nitrogens with one attached hydrogen (secondary N) is 1. The number of halogens is 1. The maximum absolute atomic E-state index is 6.21. The molecule has 3 aromatic rings. The molecule has 0 amide bonds. The van der Waals surface area contributed by atoms with Gasteiger partial charge in [0.1, 0.15) is 0 Å². The maximum Gasteiger partial charge on any atom is 0.0896 e. The Hall–Kier alpha value is -1.94. The van der Waals surface area contributed by atoms with E-state index in [1.54, 1.807) is 12.3 Å². The quantitative estimate of drug-likeness (QED) is 0.572. The third-order valence-corrected chi connectivity index (χ3v) is 3.65. The van der Waals surface area contributed by atoms with Crippen LogP contribution in [0.25, 0.3) is 10.8 Å². The molecule has 3 nitrogen and oxygen atoms in total. The Labute approximate surface area is 122 Å². The fourth-order valence-electron chi connectivity index (χ4n) is 2.33. The Balaban J connectivity index is 2.10. The van der Waals surface area contributed by atoms with Crippen molar-refractivity contribution < 1.29 is 0 Å². The lowest BCUT2D eigenvalue weighted by Crippen LogP contribution is -2.29. The van der Waals surface area contributed by atoms with Crippen LogP contribution in [0.4, 0.5) is 0 Å². The minimum Gasteiger partial charge on any atom is -0.271 e. The van der Waals surface area contributed by atoms with Crippen LogP contribution in [0.3, 0.4) is 0 Å². The number of benzene rings is 2. The molecule has 3 rings (SSSR count). The standard InChI is InChI=1S/C16H14ClN3/c17-14-6-3-9-19-16(14)15(20-18)13-8-7-11-4-1-2-5-12(11)10-13/h1-10,15,20H,18H2. The first kappa shape index (κ1) is 13.1. The maximum atomic E-state index is 6.21. The molecule has 0 aliphatic heterocycles. The van der Waals surface area contributed by atoms with Crippen LogP contribution in [0.5, 0.6) is 0 Å². The normalized spacial score (nSPS) is 12.5. The van der Waals surface area contributed by atoms with E-state index in [9.17, 15) is 0 Å². The highest BCUT2D eigenvalue weighted by atomic mass is 35.5. The molecular weight excluding hydrogens is 270 g/mol. The van der Waals surface area contributed by atoms with Gasteiger partial charge in [-0.05, 0) is 34.5 Å². The van der Waals surface area contributed by atoms with Crippen molar-refractivity contribution in [1.82, 2.24) is 10.4 Å². The summed E-state index contributed by atoms with van der Waals surface area (Å²) in [6.45, 7) is 0. The van der Waals surface area contributed by atoms with Gasteiger partial charge in [-0.1, -0.05) is 48.0 Å². The largest absolute Gasteiger partial charge is 0.271 e. The second kappa shape index (κ2) is 5.59.